The number of esters is 1. The van der Waals surface area contributed by atoms with Gasteiger partial charge in [-0.25, -0.2) is 4.79 Å². The summed E-state index contributed by atoms with van der Waals surface area (Å²) in [5.74, 6) is -0.489. The summed E-state index contributed by atoms with van der Waals surface area (Å²) in [6, 6.07) is 28.9. The van der Waals surface area contributed by atoms with Crippen molar-refractivity contribution in [3.63, 3.8) is 0 Å². The van der Waals surface area contributed by atoms with Gasteiger partial charge in [0, 0.05) is 18.8 Å². The van der Waals surface area contributed by atoms with Crippen LogP contribution in [0.15, 0.2) is 84.9 Å². The van der Waals surface area contributed by atoms with Gasteiger partial charge in [-0.3, -0.25) is 0 Å². The van der Waals surface area contributed by atoms with Crippen molar-refractivity contribution in [2.75, 3.05) is 12.0 Å². The summed E-state index contributed by atoms with van der Waals surface area (Å²) >= 11 is 0. The molecule has 0 spiro atoms. The summed E-state index contributed by atoms with van der Waals surface area (Å²) in [6.45, 7) is 3.33. The molecule has 0 fully saturated rings. The van der Waals surface area contributed by atoms with E-state index in [1.807, 2.05) is 24.3 Å². The zero-order valence-electron chi connectivity index (χ0n) is 17.6. The summed E-state index contributed by atoms with van der Waals surface area (Å²) in [4.78, 5) is 15.6. The second-order valence-corrected chi connectivity index (χ2v) is 7.26. The standard InChI is InChI=1S/C25H24N4O2/c1-19-24(25(30)31-2)27-29(26-19)23-15-13-22(14-16-23)28(17-20-9-5-3-6-10-20)18-21-11-7-4-8-12-21/h3-16H,17-18H2,1-2H3. The quantitative estimate of drug-likeness (QED) is 0.416. The molecule has 6 heteroatoms. The number of ether oxygens (including phenoxy) is 1. The van der Waals surface area contributed by atoms with Gasteiger partial charge < -0.3 is 9.64 Å². The average Bonchev–Trinajstić information content (AvgIpc) is 3.21. The number of aryl methyl sites for hydroxylation is 1. The molecule has 0 aliphatic heterocycles. The predicted molar refractivity (Wildman–Crippen MR) is 120 cm³/mol. The predicted octanol–water partition coefficient (Wildman–Crippen LogP) is 4.57. The monoisotopic (exact) mass is 412 g/mol. The van der Waals surface area contributed by atoms with Crippen LogP contribution in [0.1, 0.15) is 27.3 Å². The number of hydrogen-bond donors (Lipinski definition) is 0. The third kappa shape index (κ3) is 4.80. The lowest BCUT2D eigenvalue weighted by atomic mass is 10.1. The molecule has 1 heterocycles. The van der Waals surface area contributed by atoms with Crippen LogP contribution in [0.2, 0.25) is 0 Å². The van der Waals surface area contributed by atoms with Gasteiger partial charge in [-0.2, -0.15) is 9.90 Å². The van der Waals surface area contributed by atoms with E-state index in [4.69, 9.17) is 4.74 Å². The second-order valence-electron chi connectivity index (χ2n) is 7.26. The molecule has 0 atom stereocenters. The van der Waals surface area contributed by atoms with Crippen molar-refractivity contribution in [2.45, 2.75) is 20.0 Å². The molecule has 0 saturated carbocycles. The molecule has 0 saturated heterocycles. The Morgan fingerprint density at radius 3 is 1.90 bits per heavy atom. The van der Waals surface area contributed by atoms with Crippen molar-refractivity contribution in [3.05, 3.63) is 107 Å². The largest absolute Gasteiger partial charge is 0.464 e. The van der Waals surface area contributed by atoms with E-state index < -0.39 is 5.97 Å². The highest BCUT2D eigenvalue weighted by molar-refractivity contribution is 5.88. The smallest absolute Gasteiger partial charge is 0.360 e. The molecule has 1 aromatic heterocycles. The molecule has 0 unspecified atom stereocenters. The molecule has 0 amide bonds. The van der Waals surface area contributed by atoms with E-state index in [-0.39, 0.29) is 5.69 Å². The molecule has 0 aliphatic carbocycles. The van der Waals surface area contributed by atoms with Gasteiger partial charge in [-0.15, -0.1) is 5.10 Å². The van der Waals surface area contributed by atoms with E-state index in [1.54, 1.807) is 6.92 Å². The molecule has 0 N–H and O–H groups in total. The van der Waals surface area contributed by atoms with Gasteiger partial charge in [0.2, 0.25) is 0 Å². The maximum Gasteiger partial charge on any atom is 0.360 e. The van der Waals surface area contributed by atoms with E-state index in [9.17, 15) is 4.79 Å². The van der Waals surface area contributed by atoms with Gasteiger partial charge in [0.25, 0.3) is 0 Å². The Morgan fingerprint density at radius 2 is 1.39 bits per heavy atom. The van der Waals surface area contributed by atoms with Crippen LogP contribution in [0, 0.1) is 6.92 Å². The van der Waals surface area contributed by atoms with Crippen LogP contribution >= 0.6 is 0 Å². The Hall–Kier alpha value is -3.93. The lowest BCUT2D eigenvalue weighted by Gasteiger charge is -2.25. The molecular weight excluding hydrogens is 388 g/mol. The summed E-state index contributed by atoms with van der Waals surface area (Å²) in [5, 5.41) is 8.63. The highest BCUT2D eigenvalue weighted by Crippen LogP contribution is 2.22. The fourth-order valence-corrected chi connectivity index (χ4v) is 3.42. The highest BCUT2D eigenvalue weighted by atomic mass is 16.5. The number of carbonyl (C=O) groups excluding carboxylic acids is 1. The molecule has 0 bridgehead atoms. The summed E-state index contributed by atoms with van der Waals surface area (Å²) < 4.78 is 4.77. The number of benzene rings is 3. The van der Waals surface area contributed by atoms with E-state index in [0.717, 1.165) is 24.5 Å². The van der Waals surface area contributed by atoms with Crippen LogP contribution < -0.4 is 4.90 Å². The number of rotatable bonds is 7. The molecule has 4 rings (SSSR count). The van der Waals surface area contributed by atoms with Crippen molar-refractivity contribution in [2.24, 2.45) is 0 Å². The van der Waals surface area contributed by atoms with Crippen molar-refractivity contribution in [1.82, 2.24) is 15.0 Å². The molecule has 6 nitrogen and oxygen atoms in total. The maximum atomic E-state index is 11.8. The van der Waals surface area contributed by atoms with Crippen molar-refractivity contribution in [3.8, 4) is 5.69 Å². The second kappa shape index (κ2) is 9.26. The van der Waals surface area contributed by atoms with Gasteiger partial charge in [0.1, 0.15) is 0 Å². The van der Waals surface area contributed by atoms with Gasteiger partial charge in [0.15, 0.2) is 5.69 Å². The first-order valence-corrected chi connectivity index (χ1v) is 10.1. The average molecular weight is 412 g/mol. The Labute approximate surface area is 181 Å². The molecule has 156 valence electrons. The van der Waals surface area contributed by atoms with Gasteiger partial charge >= 0.3 is 5.97 Å². The van der Waals surface area contributed by atoms with E-state index >= 15 is 0 Å². The lowest BCUT2D eigenvalue weighted by molar-refractivity contribution is 0.0592. The molecule has 3 aromatic carbocycles. The first kappa shape index (κ1) is 20.3. The molecule has 0 radical (unpaired) electrons. The summed E-state index contributed by atoms with van der Waals surface area (Å²) in [7, 11) is 1.34. The minimum absolute atomic E-state index is 0.223. The van der Waals surface area contributed by atoms with Crippen LogP contribution in [0.5, 0.6) is 0 Å². The van der Waals surface area contributed by atoms with Gasteiger partial charge in [0.05, 0.1) is 18.5 Å². The van der Waals surface area contributed by atoms with E-state index in [2.05, 4.69) is 75.8 Å². The first-order chi connectivity index (χ1) is 15.1. The molecule has 4 aromatic rings. The van der Waals surface area contributed by atoms with E-state index in [0.29, 0.717) is 5.69 Å². The molecule has 31 heavy (non-hydrogen) atoms. The Balaban J connectivity index is 1.60. The van der Waals surface area contributed by atoms with Crippen LogP contribution in [0.25, 0.3) is 5.69 Å². The number of methoxy groups -OCH3 is 1. The Bertz CT molecular complexity index is 1100. The molecule has 0 aliphatic rings. The third-order valence-corrected chi connectivity index (χ3v) is 5.04. The first-order valence-electron chi connectivity index (χ1n) is 10.1. The van der Waals surface area contributed by atoms with Gasteiger partial charge in [-0.1, -0.05) is 60.7 Å². The van der Waals surface area contributed by atoms with Gasteiger partial charge in [-0.05, 0) is 42.3 Å². The van der Waals surface area contributed by atoms with Crippen molar-refractivity contribution >= 4 is 11.7 Å². The minimum Gasteiger partial charge on any atom is -0.464 e. The highest BCUT2D eigenvalue weighted by Gasteiger charge is 2.17. The topological polar surface area (TPSA) is 60.2 Å². The Morgan fingerprint density at radius 1 is 0.839 bits per heavy atom. The minimum atomic E-state index is -0.489. The fraction of sp³-hybridized carbons (Fsp3) is 0.160. The van der Waals surface area contributed by atoms with E-state index in [1.165, 1.54) is 23.0 Å². The summed E-state index contributed by atoms with van der Waals surface area (Å²) in [5.41, 5.74) is 5.12. The lowest BCUT2D eigenvalue weighted by Crippen LogP contribution is -2.22. The Kier molecular flexibility index (Phi) is 6.08. The number of hydrogen-bond acceptors (Lipinski definition) is 5. The zero-order valence-corrected chi connectivity index (χ0v) is 17.6. The van der Waals surface area contributed by atoms with Crippen molar-refractivity contribution < 1.29 is 9.53 Å². The normalized spacial score (nSPS) is 10.6. The van der Waals surface area contributed by atoms with Crippen LogP contribution in [0.3, 0.4) is 0 Å². The number of nitrogens with zero attached hydrogens (tertiary/aromatic N) is 4. The van der Waals surface area contributed by atoms with Crippen LogP contribution in [-0.4, -0.2) is 28.1 Å². The maximum absolute atomic E-state index is 11.8. The number of carbonyl (C=O) groups is 1. The summed E-state index contributed by atoms with van der Waals surface area (Å²) in [6.07, 6.45) is 0. The zero-order chi connectivity index (χ0) is 21.6. The molecular formula is C25H24N4O2. The fourth-order valence-electron chi connectivity index (χ4n) is 3.42. The van der Waals surface area contributed by atoms with Crippen molar-refractivity contribution in [1.29, 1.82) is 0 Å². The van der Waals surface area contributed by atoms with Crippen LogP contribution in [-0.2, 0) is 17.8 Å². The number of aromatic nitrogens is 3. The van der Waals surface area contributed by atoms with Crippen LogP contribution in [0.4, 0.5) is 5.69 Å². The third-order valence-electron chi connectivity index (χ3n) is 5.04. The SMILES string of the molecule is COC(=O)c1nn(-c2ccc(N(Cc3ccccc3)Cc3ccccc3)cc2)nc1C. The number of anilines is 1.